The van der Waals surface area contributed by atoms with Crippen molar-refractivity contribution in [3.05, 3.63) is 52.4 Å². The van der Waals surface area contributed by atoms with Crippen molar-refractivity contribution in [2.75, 3.05) is 19.4 Å². The van der Waals surface area contributed by atoms with Crippen LogP contribution in [0.25, 0.3) is 0 Å². The number of rotatable bonds is 3. The summed E-state index contributed by atoms with van der Waals surface area (Å²) in [7, 11) is 3.32. The first-order valence-electron chi connectivity index (χ1n) is 6.57. The molecule has 0 aliphatic rings. The van der Waals surface area contributed by atoms with E-state index in [0.717, 1.165) is 0 Å². The van der Waals surface area contributed by atoms with E-state index in [1.54, 1.807) is 44.4 Å². The van der Waals surface area contributed by atoms with Gasteiger partial charge >= 0.3 is 0 Å². The second kappa shape index (κ2) is 7.38. The average molecular weight is 396 g/mol. The fraction of sp³-hybridized carbons (Fsp3) is 0.133. The molecule has 0 bridgehead atoms. The van der Waals surface area contributed by atoms with E-state index < -0.39 is 5.91 Å². The van der Waals surface area contributed by atoms with Gasteiger partial charge in [0.25, 0.3) is 11.8 Å². The van der Waals surface area contributed by atoms with Crippen LogP contribution < -0.4 is 10.6 Å². The number of halogens is 1. The number of amides is 2. The Morgan fingerprint density at radius 2 is 1.87 bits per heavy atom. The number of nitrogens with one attached hydrogen (secondary N) is 2. The fourth-order valence-corrected chi connectivity index (χ4v) is 2.28. The first kappa shape index (κ1) is 17.2. The maximum Gasteiger partial charge on any atom is 0.293 e. The summed E-state index contributed by atoms with van der Waals surface area (Å²) in [5.41, 5.74) is 0.965. The normalized spacial score (nSPS) is 10.0. The lowest BCUT2D eigenvalue weighted by molar-refractivity contribution is 0.0828. The third-order valence-corrected chi connectivity index (χ3v) is 3.47. The van der Waals surface area contributed by atoms with Crippen LogP contribution >= 0.6 is 28.1 Å². The number of hydrogen-bond donors (Lipinski definition) is 2. The van der Waals surface area contributed by atoms with E-state index in [1.165, 1.54) is 11.0 Å². The minimum absolute atomic E-state index is 0.0709. The van der Waals surface area contributed by atoms with E-state index in [-0.39, 0.29) is 16.8 Å². The number of furan rings is 1. The van der Waals surface area contributed by atoms with Gasteiger partial charge in [-0.2, -0.15) is 0 Å². The predicted molar refractivity (Wildman–Crippen MR) is 94.6 cm³/mol. The van der Waals surface area contributed by atoms with Crippen molar-refractivity contribution in [2.45, 2.75) is 0 Å². The van der Waals surface area contributed by atoms with Gasteiger partial charge in [-0.1, -0.05) is 12.1 Å². The Labute approximate surface area is 147 Å². The van der Waals surface area contributed by atoms with Crippen LogP contribution in [0.1, 0.15) is 20.9 Å². The first-order chi connectivity index (χ1) is 10.9. The molecule has 0 radical (unpaired) electrons. The molecule has 2 amide bonds. The third-order valence-electron chi connectivity index (χ3n) is 2.84. The Bertz CT molecular complexity index is 758. The zero-order chi connectivity index (χ0) is 17.0. The van der Waals surface area contributed by atoms with Crippen LogP contribution in [0, 0.1) is 0 Å². The number of hydrogen-bond acceptors (Lipinski definition) is 4. The number of carbonyl (C=O) groups excluding carboxylic acids is 2. The molecule has 6 nitrogen and oxygen atoms in total. The zero-order valence-corrected chi connectivity index (χ0v) is 14.8. The van der Waals surface area contributed by atoms with Gasteiger partial charge in [0.2, 0.25) is 0 Å². The molecule has 0 saturated carbocycles. The molecule has 2 N–H and O–H groups in total. The van der Waals surface area contributed by atoms with Crippen LogP contribution in [0.2, 0.25) is 0 Å². The highest BCUT2D eigenvalue weighted by Gasteiger charge is 2.16. The summed E-state index contributed by atoms with van der Waals surface area (Å²) in [6.45, 7) is 0. The molecule has 2 aromatic rings. The third kappa shape index (κ3) is 4.40. The number of thiocarbonyl (C=S) groups is 1. The van der Waals surface area contributed by atoms with E-state index in [0.29, 0.717) is 15.9 Å². The second-order valence-electron chi connectivity index (χ2n) is 4.76. The molecule has 0 unspecified atom stereocenters. The molecule has 0 atom stereocenters. The topological polar surface area (TPSA) is 74.6 Å². The number of carbonyl (C=O) groups is 2. The van der Waals surface area contributed by atoms with Gasteiger partial charge in [0.15, 0.2) is 15.5 Å². The first-order valence-corrected chi connectivity index (χ1v) is 7.77. The Morgan fingerprint density at radius 3 is 2.48 bits per heavy atom. The molecule has 0 fully saturated rings. The Kier molecular flexibility index (Phi) is 5.51. The zero-order valence-electron chi connectivity index (χ0n) is 12.4. The summed E-state index contributed by atoms with van der Waals surface area (Å²) in [5, 5.41) is 5.42. The number of nitrogens with zero attached hydrogens (tertiary/aromatic N) is 1. The summed E-state index contributed by atoms with van der Waals surface area (Å²) >= 11 is 8.23. The molecule has 1 aromatic heterocycles. The minimum Gasteiger partial charge on any atom is -0.444 e. The van der Waals surface area contributed by atoms with Crippen LogP contribution in [0.4, 0.5) is 5.69 Å². The van der Waals surface area contributed by atoms with Crippen LogP contribution in [0.5, 0.6) is 0 Å². The van der Waals surface area contributed by atoms with Crippen molar-refractivity contribution >= 4 is 50.8 Å². The highest BCUT2D eigenvalue weighted by atomic mass is 79.9. The van der Waals surface area contributed by atoms with Crippen LogP contribution in [0.15, 0.2) is 45.5 Å². The highest BCUT2D eigenvalue weighted by molar-refractivity contribution is 9.10. The average Bonchev–Trinajstić information content (AvgIpc) is 2.93. The molecule has 0 spiro atoms. The van der Waals surface area contributed by atoms with Gasteiger partial charge in [0, 0.05) is 14.1 Å². The van der Waals surface area contributed by atoms with Crippen molar-refractivity contribution in [2.24, 2.45) is 0 Å². The molecular formula is C15H14BrN3O3S. The molecule has 1 heterocycles. The van der Waals surface area contributed by atoms with E-state index in [9.17, 15) is 9.59 Å². The van der Waals surface area contributed by atoms with Gasteiger partial charge in [-0.15, -0.1) is 0 Å². The monoisotopic (exact) mass is 395 g/mol. The van der Waals surface area contributed by atoms with E-state index in [2.05, 4.69) is 26.6 Å². The summed E-state index contributed by atoms with van der Waals surface area (Å²) in [4.78, 5) is 25.5. The molecule has 8 heteroatoms. The quantitative estimate of drug-likeness (QED) is 0.781. The van der Waals surface area contributed by atoms with Crippen molar-refractivity contribution < 1.29 is 14.0 Å². The van der Waals surface area contributed by atoms with Gasteiger partial charge in [-0.05, 0) is 52.4 Å². The van der Waals surface area contributed by atoms with Crippen LogP contribution in [-0.4, -0.2) is 35.9 Å². The van der Waals surface area contributed by atoms with Crippen molar-refractivity contribution in [3.63, 3.8) is 0 Å². The molecule has 1 aromatic carbocycles. The molecule has 0 aliphatic heterocycles. The Hall–Kier alpha value is -2.19. The van der Waals surface area contributed by atoms with Crippen molar-refractivity contribution in [1.82, 2.24) is 10.2 Å². The lowest BCUT2D eigenvalue weighted by Gasteiger charge is -2.15. The molecule has 0 saturated heterocycles. The number of para-hydroxylation sites is 1. The summed E-state index contributed by atoms with van der Waals surface area (Å²) in [6.07, 6.45) is 0. The van der Waals surface area contributed by atoms with Gasteiger partial charge < -0.3 is 14.6 Å². The van der Waals surface area contributed by atoms with Gasteiger partial charge in [0.1, 0.15) is 0 Å². The minimum atomic E-state index is -0.482. The van der Waals surface area contributed by atoms with Gasteiger partial charge in [-0.3, -0.25) is 14.9 Å². The fourth-order valence-electron chi connectivity index (χ4n) is 1.77. The molecule has 23 heavy (non-hydrogen) atoms. The summed E-state index contributed by atoms with van der Waals surface area (Å²) in [5.74, 6) is -0.527. The Balaban J connectivity index is 2.09. The second-order valence-corrected chi connectivity index (χ2v) is 5.95. The maximum atomic E-state index is 12.1. The summed E-state index contributed by atoms with van der Waals surface area (Å²) < 4.78 is 5.59. The Morgan fingerprint density at radius 1 is 1.17 bits per heavy atom. The van der Waals surface area contributed by atoms with Gasteiger partial charge in [-0.25, -0.2) is 0 Å². The standard InChI is InChI=1S/C15H14BrN3O3S/c1-19(2)14(21)9-5-3-4-6-10(9)17-15(23)18-13(20)11-7-8-12(16)22-11/h3-8H,1-2H3,(H2,17,18,20,23). The smallest absolute Gasteiger partial charge is 0.293 e. The van der Waals surface area contributed by atoms with E-state index in [1.807, 2.05) is 0 Å². The van der Waals surface area contributed by atoms with E-state index >= 15 is 0 Å². The number of anilines is 1. The molecular weight excluding hydrogens is 382 g/mol. The maximum absolute atomic E-state index is 12.1. The number of benzene rings is 1. The van der Waals surface area contributed by atoms with Gasteiger partial charge in [0.05, 0.1) is 11.3 Å². The SMILES string of the molecule is CN(C)C(=O)c1ccccc1NC(=S)NC(=O)c1ccc(Br)o1. The van der Waals surface area contributed by atoms with Crippen molar-refractivity contribution in [3.8, 4) is 0 Å². The summed E-state index contributed by atoms with van der Waals surface area (Å²) in [6, 6.07) is 10.0. The van der Waals surface area contributed by atoms with Crippen LogP contribution in [0.3, 0.4) is 0 Å². The largest absolute Gasteiger partial charge is 0.444 e. The molecule has 2 rings (SSSR count). The van der Waals surface area contributed by atoms with Crippen LogP contribution in [-0.2, 0) is 0 Å². The lowest BCUT2D eigenvalue weighted by atomic mass is 10.1. The van der Waals surface area contributed by atoms with Crippen molar-refractivity contribution in [1.29, 1.82) is 0 Å². The van der Waals surface area contributed by atoms with E-state index in [4.69, 9.17) is 16.6 Å². The predicted octanol–water partition coefficient (Wildman–Crippen LogP) is 2.87. The highest BCUT2D eigenvalue weighted by Crippen LogP contribution is 2.17. The lowest BCUT2D eigenvalue weighted by Crippen LogP contribution is -2.34. The molecule has 120 valence electrons. The molecule has 0 aliphatic carbocycles.